The maximum Gasteiger partial charge on any atom is 0.261 e. The quantitative estimate of drug-likeness (QED) is 0.867. The SMILES string of the molecule is CC(C)NC(=O)c1ccc(NS(=O)(=O)c2ccccc2)cc1Cl. The molecule has 0 aliphatic heterocycles. The zero-order chi connectivity index (χ0) is 17.0. The number of rotatable bonds is 5. The first-order valence-electron chi connectivity index (χ1n) is 6.98. The summed E-state index contributed by atoms with van der Waals surface area (Å²) < 4.78 is 26.9. The van der Waals surface area contributed by atoms with Crippen molar-refractivity contribution < 1.29 is 13.2 Å². The molecule has 7 heteroatoms. The summed E-state index contributed by atoms with van der Waals surface area (Å²) >= 11 is 6.09. The molecule has 0 radical (unpaired) electrons. The minimum absolute atomic E-state index is 0.0187. The summed E-state index contributed by atoms with van der Waals surface area (Å²) in [4.78, 5) is 12.1. The molecule has 2 aromatic rings. The van der Waals surface area contributed by atoms with Crippen molar-refractivity contribution >= 4 is 33.2 Å². The molecule has 0 saturated carbocycles. The van der Waals surface area contributed by atoms with Crippen LogP contribution in [-0.2, 0) is 10.0 Å². The van der Waals surface area contributed by atoms with Crippen LogP contribution in [0.3, 0.4) is 0 Å². The number of anilines is 1. The van der Waals surface area contributed by atoms with Crippen LogP contribution in [0.1, 0.15) is 24.2 Å². The Kier molecular flexibility index (Phi) is 5.28. The van der Waals surface area contributed by atoms with Gasteiger partial charge in [0.15, 0.2) is 0 Å². The molecule has 0 bridgehead atoms. The third-order valence-electron chi connectivity index (χ3n) is 2.94. The van der Waals surface area contributed by atoms with E-state index in [0.717, 1.165) is 0 Å². The van der Waals surface area contributed by atoms with Crippen molar-refractivity contribution in [2.45, 2.75) is 24.8 Å². The van der Waals surface area contributed by atoms with Gasteiger partial charge in [-0.25, -0.2) is 8.42 Å². The van der Waals surface area contributed by atoms with E-state index < -0.39 is 10.0 Å². The zero-order valence-corrected chi connectivity index (χ0v) is 14.3. The molecule has 0 aromatic heterocycles. The van der Waals surface area contributed by atoms with Crippen molar-refractivity contribution in [1.29, 1.82) is 0 Å². The van der Waals surface area contributed by atoms with Gasteiger partial charge in [-0.3, -0.25) is 9.52 Å². The third kappa shape index (κ3) is 4.46. The fourth-order valence-corrected chi connectivity index (χ4v) is 3.25. The fourth-order valence-electron chi connectivity index (χ4n) is 1.92. The number of sulfonamides is 1. The molecule has 2 rings (SSSR count). The molecule has 122 valence electrons. The van der Waals surface area contributed by atoms with Gasteiger partial charge in [0, 0.05) is 6.04 Å². The van der Waals surface area contributed by atoms with E-state index in [1.165, 1.54) is 30.3 Å². The van der Waals surface area contributed by atoms with Gasteiger partial charge in [0.2, 0.25) is 0 Å². The van der Waals surface area contributed by atoms with Crippen LogP contribution in [0.15, 0.2) is 53.4 Å². The first-order valence-corrected chi connectivity index (χ1v) is 8.84. The molecule has 0 fully saturated rings. The van der Waals surface area contributed by atoms with Crippen molar-refractivity contribution in [3.8, 4) is 0 Å². The topological polar surface area (TPSA) is 75.3 Å². The van der Waals surface area contributed by atoms with Crippen molar-refractivity contribution in [2.24, 2.45) is 0 Å². The molecule has 2 aromatic carbocycles. The van der Waals surface area contributed by atoms with E-state index in [0.29, 0.717) is 11.3 Å². The zero-order valence-electron chi connectivity index (χ0n) is 12.7. The summed E-state index contributed by atoms with van der Waals surface area (Å²) in [6.45, 7) is 3.68. The van der Waals surface area contributed by atoms with E-state index in [9.17, 15) is 13.2 Å². The molecule has 1 amide bonds. The van der Waals surface area contributed by atoms with Gasteiger partial charge in [-0.15, -0.1) is 0 Å². The van der Waals surface area contributed by atoms with Crippen molar-refractivity contribution in [1.82, 2.24) is 5.32 Å². The first kappa shape index (κ1) is 17.3. The Bertz CT molecular complexity index is 805. The lowest BCUT2D eigenvalue weighted by atomic mass is 10.2. The van der Waals surface area contributed by atoms with E-state index >= 15 is 0 Å². The molecule has 0 unspecified atom stereocenters. The lowest BCUT2D eigenvalue weighted by Gasteiger charge is -2.12. The van der Waals surface area contributed by atoms with E-state index in [4.69, 9.17) is 11.6 Å². The molecule has 0 aliphatic rings. The maximum atomic E-state index is 12.2. The molecule has 0 heterocycles. The molecule has 0 aliphatic carbocycles. The van der Waals surface area contributed by atoms with Gasteiger partial charge < -0.3 is 5.32 Å². The van der Waals surface area contributed by atoms with Crippen LogP contribution < -0.4 is 10.0 Å². The Morgan fingerprint density at radius 1 is 1.09 bits per heavy atom. The molecule has 2 N–H and O–H groups in total. The average molecular weight is 353 g/mol. The number of nitrogens with one attached hydrogen (secondary N) is 2. The van der Waals surface area contributed by atoms with Gasteiger partial charge in [0.1, 0.15) is 0 Å². The molecule has 0 spiro atoms. The smallest absolute Gasteiger partial charge is 0.261 e. The number of carbonyl (C=O) groups excluding carboxylic acids is 1. The van der Waals surface area contributed by atoms with Crippen molar-refractivity contribution in [3.05, 3.63) is 59.1 Å². The first-order chi connectivity index (χ1) is 10.8. The second-order valence-electron chi connectivity index (χ2n) is 5.24. The predicted octanol–water partition coefficient (Wildman–Crippen LogP) is 3.28. The van der Waals surface area contributed by atoms with Gasteiger partial charge in [-0.2, -0.15) is 0 Å². The summed E-state index contributed by atoms with van der Waals surface area (Å²) in [5, 5.41) is 2.91. The monoisotopic (exact) mass is 352 g/mol. The number of benzene rings is 2. The molecular formula is C16H17ClN2O3S. The minimum atomic E-state index is -3.69. The summed E-state index contributed by atoms with van der Waals surface area (Å²) in [7, 11) is -3.69. The van der Waals surface area contributed by atoms with E-state index in [2.05, 4.69) is 10.0 Å². The fraction of sp³-hybridized carbons (Fsp3) is 0.188. The standard InChI is InChI=1S/C16H17ClN2O3S/c1-11(2)18-16(20)14-9-8-12(10-15(14)17)19-23(21,22)13-6-4-3-5-7-13/h3-11,19H,1-2H3,(H,18,20). The Morgan fingerprint density at radius 3 is 2.30 bits per heavy atom. The second-order valence-corrected chi connectivity index (χ2v) is 7.33. The third-order valence-corrected chi connectivity index (χ3v) is 4.65. The molecule has 5 nitrogen and oxygen atoms in total. The number of halogens is 1. The number of amides is 1. The van der Waals surface area contributed by atoms with Gasteiger partial charge in [-0.05, 0) is 44.2 Å². The Balaban J connectivity index is 2.23. The molecule has 23 heavy (non-hydrogen) atoms. The lowest BCUT2D eigenvalue weighted by molar-refractivity contribution is 0.0943. The van der Waals surface area contributed by atoms with Crippen LogP contribution in [-0.4, -0.2) is 20.4 Å². The highest BCUT2D eigenvalue weighted by atomic mass is 35.5. The van der Waals surface area contributed by atoms with Crippen LogP contribution in [0.4, 0.5) is 5.69 Å². The largest absolute Gasteiger partial charge is 0.350 e. The molecular weight excluding hydrogens is 336 g/mol. The van der Waals surface area contributed by atoms with E-state index in [1.54, 1.807) is 18.2 Å². The van der Waals surface area contributed by atoms with Crippen molar-refractivity contribution in [3.63, 3.8) is 0 Å². The highest BCUT2D eigenvalue weighted by molar-refractivity contribution is 7.92. The highest BCUT2D eigenvalue weighted by Crippen LogP contribution is 2.23. The van der Waals surface area contributed by atoms with Gasteiger partial charge in [0.05, 0.1) is 21.2 Å². The van der Waals surface area contributed by atoms with Crippen LogP contribution in [0.25, 0.3) is 0 Å². The van der Waals surface area contributed by atoms with Crippen LogP contribution in [0.5, 0.6) is 0 Å². The highest BCUT2D eigenvalue weighted by Gasteiger charge is 2.16. The van der Waals surface area contributed by atoms with Crippen LogP contribution in [0.2, 0.25) is 5.02 Å². The van der Waals surface area contributed by atoms with Gasteiger partial charge in [0.25, 0.3) is 15.9 Å². The number of hydrogen-bond acceptors (Lipinski definition) is 3. The Morgan fingerprint density at radius 2 is 1.74 bits per heavy atom. The second kappa shape index (κ2) is 7.02. The van der Waals surface area contributed by atoms with E-state index in [1.807, 2.05) is 13.8 Å². The summed E-state index contributed by atoms with van der Waals surface area (Å²) in [6, 6.07) is 12.4. The lowest BCUT2D eigenvalue weighted by Crippen LogP contribution is -2.30. The Labute approximate surface area is 140 Å². The normalized spacial score (nSPS) is 11.3. The summed E-state index contributed by atoms with van der Waals surface area (Å²) in [5.41, 5.74) is 0.586. The Hall–Kier alpha value is -2.05. The van der Waals surface area contributed by atoms with Crippen molar-refractivity contribution in [2.75, 3.05) is 4.72 Å². The van der Waals surface area contributed by atoms with Gasteiger partial charge >= 0.3 is 0 Å². The average Bonchev–Trinajstić information content (AvgIpc) is 2.47. The summed E-state index contributed by atoms with van der Waals surface area (Å²) in [6.07, 6.45) is 0. The van der Waals surface area contributed by atoms with Gasteiger partial charge in [-0.1, -0.05) is 29.8 Å². The predicted molar refractivity (Wildman–Crippen MR) is 91.3 cm³/mol. The minimum Gasteiger partial charge on any atom is -0.350 e. The van der Waals surface area contributed by atoms with Crippen LogP contribution >= 0.6 is 11.6 Å². The molecule has 0 atom stereocenters. The number of carbonyl (C=O) groups is 1. The number of hydrogen-bond donors (Lipinski definition) is 2. The van der Waals surface area contributed by atoms with Crippen LogP contribution in [0, 0.1) is 0 Å². The maximum absolute atomic E-state index is 12.2. The summed E-state index contributed by atoms with van der Waals surface area (Å²) in [5.74, 6) is -0.303. The molecule has 0 saturated heterocycles. The van der Waals surface area contributed by atoms with E-state index in [-0.39, 0.29) is 21.9 Å².